The van der Waals surface area contributed by atoms with E-state index >= 15 is 0 Å². The van der Waals surface area contributed by atoms with E-state index in [4.69, 9.17) is 14.7 Å². The van der Waals surface area contributed by atoms with Crippen molar-refractivity contribution in [3.8, 4) is 5.75 Å². The lowest BCUT2D eigenvalue weighted by Crippen LogP contribution is -2.48. The number of hydrogen-bond acceptors (Lipinski definition) is 5. The highest BCUT2D eigenvalue weighted by Crippen LogP contribution is 2.37. The molecule has 1 aromatic carbocycles. The molecule has 136 valence electrons. The maximum Gasteiger partial charge on any atom is 0.274 e. The van der Waals surface area contributed by atoms with Crippen LogP contribution in [-0.2, 0) is 9.53 Å². The van der Waals surface area contributed by atoms with Crippen LogP contribution in [0.3, 0.4) is 0 Å². The summed E-state index contributed by atoms with van der Waals surface area (Å²) >= 11 is 0. The summed E-state index contributed by atoms with van der Waals surface area (Å²) in [5, 5.41) is 8.78. The Kier molecular flexibility index (Phi) is 4.96. The number of rotatable bonds is 2. The van der Waals surface area contributed by atoms with E-state index in [0.29, 0.717) is 37.7 Å². The molecular weight excluding hydrogens is 324 g/mol. The van der Waals surface area contributed by atoms with Gasteiger partial charge >= 0.3 is 0 Å². The van der Waals surface area contributed by atoms with Crippen LogP contribution < -0.4 is 10.2 Å². The average molecular weight is 348 g/mol. The van der Waals surface area contributed by atoms with Crippen molar-refractivity contribution in [2.75, 3.05) is 26.4 Å². The summed E-state index contributed by atoms with van der Waals surface area (Å²) in [5.74, 6) is 0.0466. The molecule has 2 aliphatic rings. The first-order valence-corrected chi connectivity index (χ1v) is 8.56. The first-order valence-electron chi connectivity index (χ1n) is 8.56. The molecule has 2 N–H and O–H groups in total. The number of carbonyl (C=O) groups is 2. The van der Waals surface area contributed by atoms with Crippen molar-refractivity contribution in [2.24, 2.45) is 5.41 Å². The van der Waals surface area contributed by atoms with E-state index in [1.165, 1.54) is 0 Å². The van der Waals surface area contributed by atoms with Crippen LogP contribution in [0.4, 0.5) is 0 Å². The number of nitrogens with one attached hydrogen (secondary N) is 1. The molecule has 3 rings (SSSR count). The number of hydrogen-bond donors (Lipinski definition) is 2. The monoisotopic (exact) mass is 348 g/mol. The maximum absolute atomic E-state index is 13.2. The molecule has 7 heteroatoms. The van der Waals surface area contributed by atoms with Crippen LogP contribution in [0.15, 0.2) is 18.2 Å². The van der Waals surface area contributed by atoms with Crippen LogP contribution in [0.1, 0.15) is 48.7 Å². The number of ether oxygens (including phenoxy) is 2. The van der Waals surface area contributed by atoms with Gasteiger partial charge in [-0.05, 0) is 38.8 Å². The molecule has 25 heavy (non-hydrogen) atoms. The van der Waals surface area contributed by atoms with Gasteiger partial charge in [0.2, 0.25) is 5.91 Å². The molecular formula is C18H24N2O5. The molecule has 1 aromatic rings. The predicted octanol–water partition coefficient (Wildman–Crippen LogP) is 1.90. The quantitative estimate of drug-likeness (QED) is 0.630. The van der Waals surface area contributed by atoms with Crippen molar-refractivity contribution in [1.29, 1.82) is 0 Å². The van der Waals surface area contributed by atoms with Gasteiger partial charge in [0.1, 0.15) is 12.4 Å². The summed E-state index contributed by atoms with van der Waals surface area (Å²) in [6.45, 7) is 5.90. The third-order valence-electron chi connectivity index (χ3n) is 5.10. The molecule has 1 saturated heterocycles. The second-order valence-electron chi connectivity index (χ2n) is 6.93. The SMILES string of the molecule is C[C@H]1c2ccc(C(=O)NO)cc2OCCN1C(=O)[C@]1(C)CCCOC1. The minimum atomic E-state index is -0.594. The number of amides is 2. The summed E-state index contributed by atoms with van der Waals surface area (Å²) in [6.07, 6.45) is 1.70. The van der Waals surface area contributed by atoms with E-state index in [1.54, 1.807) is 23.7 Å². The van der Waals surface area contributed by atoms with Gasteiger partial charge in [0.25, 0.3) is 5.91 Å². The summed E-state index contributed by atoms with van der Waals surface area (Å²) in [7, 11) is 0. The average Bonchev–Trinajstić information content (AvgIpc) is 2.79. The van der Waals surface area contributed by atoms with Crippen molar-refractivity contribution in [2.45, 2.75) is 32.7 Å². The third kappa shape index (κ3) is 3.34. The highest BCUT2D eigenvalue weighted by molar-refractivity contribution is 5.94. The fourth-order valence-electron chi connectivity index (χ4n) is 3.55. The van der Waals surface area contributed by atoms with E-state index in [9.17, 15) is 9.59 Å². The molecule has 0 saturated carbocycles. The summed E-state index contributed by atoms with van der Waals surface area (Å²) in [4.78, 5) is 26.6. The van der Waals surface area contributed by atoms with Crippen LogP contribution in [0.25, 0.3) is 0 Å². The van der Waals surface area contributed by atoms with E-state index < -0.39 is 11.3 Å². The Morgan fingerprint density at radius 2 is 2.16 bits per heavy atom. The van der Waals surface area contributed by atoms with Gasteiger partial charge in [0, 0.05) is 17.7 Å². The molecule has 2 heterocycles. The number of benzene rings is 1. The highest BCUT2D eigenvalue weighted by atomic mass is 16.5. The van der Waals surface area contributed by atoms with Gasteiger partial charge in [-0.2, -0.15) is 0 Å². The Morgan fingerprint density at radius 1 is 1.36 bits per heavy atom. The van der Waals surface area contributed by atoms with Crippen molar-refractivity contribution < 1.29 is 24.3 Å². The minimum absolute atomic E-state index is 0.0772. The lowest BCUT2D eigenvalue weighted by Gasteiger charge is -2.38. The Balaban J connectivity index is 1.87. The fourth-order valence-corrected chi connectivity index (χ4v) is 3.55. The lowest BCUT2D eigenvalue weighted by molar-refractivity contribution is -0.151. The van der Waals surface area contributed by atoms with Gasteiger partial charge in [-0.25, -0.2) is 5.48 Å². The molecule has 0 bridgehead atoms. The summed E-state index contributed by atoms with van der Waals surface area (Å²) in [6, 6.07) is 4.81. The van der Waals surface area contributed by atoms with Crippen LogP contribution in [0.5, 0.6) is 5.75 Å². The van der Waals surface area contributed by atoms with E-state index in [-0.39, 0.29) is 11.9 Å². The molecule has 2 atom stereocenters. The first-order chi connectivity index (χ1) is 12.0. The largest absolute Gasteiger partial charge is 0.491 e. The molecule has 1 fully saturated rings. The normalized spacial score (nSPS) is 26.2. The van der Waals surface area contributed by atoms with Gasteiger partial charge in [0.15, 0.2) is 0 Å². The molecule has 0 spiro atoms. The van der Waals surface area contributed by atoms with Crippen molar-refractivity contribution in [3.63, 3.8) is 0 Å². The molecule has 7 nitrogen and oxygen atoms in total. The zero-order valence-corrected chi connectivity index (χ0v) is 14.6. The fraction of sp³-hybridized carbons (Fsp3) is 0.556. The Morgan fingerprint density at radius 3 is 2.84 bits per heavy atom. The molecule has 2 amide bonds. The van der Waals surface area contributed by atoms with Gasteiger partial charge < -0.3 is 14.4 Å². The standard InChI is InChI=1S/C18H24N2O5/c1-12-14-5-4-13(16(21)19-23)10-15(14)25-9-7-20(12)17(22)18(2)6-3-8-24-11-18/h4-5,10,12,23H,3,6-9,11H2,1-2H3,(H,19,21)/t12-,18+/m0/s1. The maximum atomic E-state index is 13.2. The highest BCUT2D eigenvalue weighted by Gasteiger charge is 2.41. The second kappa shape index (κ2) is 7.01. The van der Waals surface area contributed by atoms with Crippen LogP contribution >= 0.6 is 0 Å². The van der Waals surface area contributed by atoms with Gasteiger partial charge in [-0.15, -0.1) is 0 Å². The predicted molar refractivity (Wildman–Crippen MR) is 89.5 cm³/mol. The summed E-state index contributed by atoms with van der Waals surface area (Å²) < 4.78 is 11.3. The second-order valence-corrected chi connectivity index (χ2v) is 6.93. The van der Waals surface area contributed by atoms with Crippen LogP contribution in [0.2, 0.25) is 0 Å². The lowest BCUT2D eigenvalue weighted by atomic mass is 9.82. The molecule has 2 aliphatic heterocycles. The zero-order valence-electron chi connectivity index (χ0n) is 14.6. The minimum Gasteiger partial charge on any atom is -0.491 e. The smallest absolute Gasteiger partial charge is 0.274 e. The Labute approximate surface area is 146 Å². The van der Waals surface area contributed by atoms with Gasteiger partial charge in [-0.3, -0.25) is 14.8 Å². The molecule has 0 radical (unpaired) electrons. The van der Waals surface area contributed by atoms with Crippen molar-refractivity contribution in [1.82, 2.24) is 10.4 Å². The van der Waals surface area contributed by atoms with Crippen molar-refractivity contribution in [3.05, 3.63) is 29.3 Å². The van der Waals surface area contributed by atoms with Crippen LogP contribution in [-0.4, -0.2) is 48.3 Å². The number of fused-ring (bicyclic) bond motifs is 1. The topological polar surface area (TPSA) is 88.1 Å². The van der Waals surface area contributed by atoms with Gasteiger partial charge in [-0.1, -0.05) is 6.07 Å². The van der Waals surface area contributed by atoms with Gasteiger partial charge in [0.05, 0.1) is 24.6 Å². The van der Waals surface area contributed by atoms with E-state index in [0.717, 1.165) is 18.4 Å². The summed E-state index contributed by atoms with van der Waals surface area (Å²) in [5.41, 5.74) is 2.26. The third-order valence-corrected chi connectivity index (χ3v) is 5.10. The zero-order chi connectivity index (χ0) is 18.0. The first kappa shape index (κ1) is 17.7. The van der Waals surface area contributed by atoms with E-state index in [1.807, 2.05) is 18.7 Å². The van der Waals surface area contributed by atoms with Crippen molar-refractivity contribution >= 4 is 11.8 Å². The molecule has 0 aliphatic carbocycles. The Hall–Kier alpha value is -2.12. The Bertz CT molecular complexity index is 669. The number of carbonyl (C=O) groups excluding carboxylic acids is 2. The molecule has 0 aromatic heterocycles. The molecule has 0 unspecified atom stereocenters. The number of hydroxylamine groups is 1. The number of nitrogens with zero attached hydrogens (tertiary/aromatic N) is 1. The van der Waals surface area contributed by atoms with E-state index in [2.05, 4.69) is 0 Å². The van der Waals surface area contributed by atoms with Crippen LogP contribution in [0, 0.1) is 5.41 Å².